The third-order valence-corrected chi connectivity index (χ3v) is 5.25. The van der Waals surface area contributed by atoms with E-state index in [9.17, 15) is 14.7 Å². The molecule has 1 aliphatic rings. The summed E-state index contributed by atoms with van der Waals surface area (Å²) in [5, 5.41) is 17.0. The van der Waals surface area contributed by atoms with Crippen molar-refractivity contribution in [3.8, 4) is 0 Å². The van der Waals surface area contributed by atoms with E-state index >= 15 is 0 Å². The molecule has 0 aromatic carbocycles. The molecule has 1 heterocycles. The molecule has 5 nitrogen and oxygen atoms in total. The van der Waals surface area contributed by atoms with Gasteiger partial charge in [0.1, 0.15) is 0 Å². The van der Waals surface area contributed by atoms with Crippen LogP contribution in [0.1, 0.15) is 42.5 Å². The van der Waals surface area contributed by atoms with Gasteiger partial charge < -0.3 is 15.7 Å². The van der Waals surface area contributed by atoms with Crippen molar-refractivity contribution in [1.82, 2.24) is 10.6 Å². The molecule has 0 spiro atoms. The summed E-state index contributed by atoms with van der Waals surface area (Å²) in [5.74, 6) is -0.795. The maximum Gasteiger partial charge on any atom is 0.315 e. The predicted molar refractivity (Wildman–Crippen MR) is 82.4 cm³/mol. The van der Waals surface area contributed by atoms with E-state index in [0.29, 0.717) is 19.4 Å². The Kier molecular flexibility index (Phi) is 5.22. The lowest BCUT2D eigenvalue weighted by Crippen LogP contribution is -2.47. The van der Waals surface area contributed by atoms with E-state index in [2.05, 4.69) is 10.6 Å². The first kappa shape index (κ1) is 15.8. The molecule has 1 aromatic rings. The number of rotatable bonds is 5. The van der Waals surface area contributed by atoms with Crippen LogP contribution >= 0.6 is 11.3 Å². The van der Waals surface area contributed by atoms with Crippen LogP contribution in [0.15, 0.2) is 11.4 Å². The Morgan fingerprint density at radius 1 is 1.29 bits per heavy atom. The number of hydrogen-bond acceptors (Lipinski definition) is 3. The summed E-state index contributed by atoms with van der Waals surface area (Å²) >= 11 is 1.61. The molecule has 0 bridgehead atoms. The number of carbonyl (C=O) groups excluding carboxylic acids is 1. The molecule has 0 saturated heterocycles. The van der Waals surface area contributed by atoms with Crippen molar-refractivity contribution in [2.75, 3.05) is 6.54 Å². The maximum absolute atomic E-state index is 11.8. The Bertz CT molecular complexity index is 507. The van der Waals surface area contributed by atoms with Crippen molar-refractivity contribution in [3.05, 3.63) is 21.9 Å². The molecule has 0 unspecified atom stereocenters. The number of thiophene rings is 1. The summed E-state index contributed by atoms with van der Waals surface area (Å²) in [7, 11) is 0. The molecule has 2 amide bonds. The molecule has 6 heteroatoms. The molecule has 1 fully saturated rings. The Labute approximate surface area is 128 Å². The quantitative estimate of drug-likeness (QED) is 0.782. The monoisotopic (exact) mass is 310 g/mol. The molecule has 1 aliphatic carbocycles. The maximum atomic E-state index is 11.8. The smallest absolute Gasteiger partial charge is 0.315 e. The molecule has 21 heavy (non-hydrogen) atoms. The highest BCUT2D eigenvalue weighted by molar-refractivity contribution is 7.10. The van der Waals surface area contributed by atoms with Gasteiger partial charge >= 0.3 is 12.0 Å². The van der Waals surface area contributed by atoms with Gasteiger partial charge in [0, 0.05) is 11.4 Å². The lowest BCUT2D eigenvalue weighted by molar-refractivity contribution is -0.150. The lowest BCUT2D eigenvalue weighted by Gasteiger charge is -2.33. The van der Waals surface area contributed by atoms with E-state index in [4.69, 9.17) is 0 Å². The molecular weight excluding hydrogens is 288 g/mol. The topological polar surface area (TPSA) is 78.4 Å². The normalized spacial score (nSPS) is 17.2. The summed E-state index contributed by atoms with van der Waals surface area (Å²) in [4.78, 5) is 24.5. The third-order valence-electron chi connectivity index (χ3n) is 4.23. The minimum atomic E-state index is -0.795. The third kappa shape index (κ3) is 3.97. The van der Waals surface area contributed by atoms with Crippen LogP contribution in [0.4, 0.5) is 4.79 Å². The first-order valence-electron chi connectivity index (χ1n) is 7.32. The summed E-state index contributed by atoms with van der Waals surface area (Å²) in [6.45, 7) is 2.69. The fourth-order valence-electron chi connectivity index (χ4n) is 2.75. The van der Waals surface area contributed by atoms with E-state index in [-0.39, 0.29) is 12.6 Å². The Morgan fingerprint density at radius 2 is 2.00 bits per heavy atom. The van der Waals surface area contributed by atoms with Gasteiger partial charge in [0.2, 0.25) is 0 Å². The first-order chi connectivity index (χ1) is 10.0. The van der Waals surface area contributed by atoms with Gasteiger partial charge in [-0.25, -0.2) is 4.79 Å². The number of carboxylic acid groups (broad SMARTS) is 1. The minimum Gasteiger partial charge on any atom is -0.481 e. The average molecular weight is 310 g/mol. The molecular formula is C15H22N2O3S. The summed E-state index contributed by atoms with van der Waals surface area (Å²) < 4.78 is 0. The highest BCUT2D eigenvalue weighted by atomic mass is 32.1. The minimum absolute atomic E-state index is 0.206. The number of aryl methyl sites for hydroxylation is 1. The molecule has 1 aromatic heterocycles. The van der Waals surface area contributed by atoms with Gasteiger partial charge in [0.05, 0.1) is 12.0 Å². The van der Waals surface area contributed by atoms with Gasteiger partial charge in [0.15, 0.2) is 0 Å². The second-order valence-electron chi connectivity index (χ2n) is 5.71. The van der Waals surface area contributed by atoms with Crippen molar-refractivity contribution in [2.45, 2.75) is 45.6 Å². The van der Waals surface area contributed by atoms with Crippen molar-refractivity contribution in [3.63, 3.8) is 0 Å². The number of nitrogens with one attached hydrogen (secondary N) is 2. The molecule has 0 aliphatic heterocycles. The van der Waals surface area contributed by atoms with Crippen LogP contribution in [-0.4, -0.2) is 23.7 Å². The molecule has 0 radical (unpaired) electrons. The van der Waals surface area contributed by atoms with E-state index in [1.54, 1.807) is 11.3 Å². The van der Waals surface area contributed by atoms with Gasteiger partial charge in [-0.2, -0.15) is 0 Å². The van der Waals surface area contributed by atoms with E-state index in [1.165, 1.54) is 0 Å². The number of aliphatic carboxylic acids is 1. The number of amides is 2. The molecule has 1 saturated carbocycles. The van der Waals surface area contributed by atoms with Gasteiger partial charge in [0.25, 0.3) is 0 Å². The summed E-state index contributed by atoms with van der Waals surface area (Å²) in [6.07, 6.45) is 4.21. The Balaban J connectivity index is 1.82. The predicted octanol–water partition coefficient (Wildman–Crippen LogP) is 2.89. The van der Waals surface area contributed by atoms with Gasteiger partial charge in [-0.1, -0.05) is 19.3 Å². The van der Waals surface area contributed by atoms with Crippen LogP contribution in [0.5, 0.6) is 0 Å². The van der Waals surface area contributed by atoms with Crippen LogP contribution in [-0.2, 0) is 11.3 Å². The number of carboxylic acids is 1. The molecule has 3 N–H and O–H groups in total. The van der Waals surface area contributed by atoms with Crippen molar-refractivity contribution in [1.29, 1.82) is 0 Å². The largest absolute Gasteiger partial charge is 0.481 e. The second-order valence-corrected chi connectivity index (χ2v) is 6.71. The number of urea groups is 1. The van der Waals surface area contributed by atoms with Gasteiger partial charge in [-0.15, -0.1) is 11.3 Å². The standard InChI is InChI=1S/C15H22N2O3S/c1-11-5-8-21-12(11)9-16-14(20)17-10-15(13(18)19)6-3-2-4-7-15/h5,8H,2-4,6-7,9-10H2,1H3,(H,18,19)(H2,16,17,20). The fraction of sp³-hybridized carbons (Fsp3) is 0.600. The second kappa shape index (κ2) is 6.93. The number of hydrogen-bond donors (Lipinski definition) is 3. The Morgan fingerprint density at radius 3 is 2.57 bits per heavy atom. The first-order valence-corrected chi connectivity index (χ1v) is 8.19. The van der Waals surface area contributed by atoms with Crippen molar-refractivity contribution in [2.24, 2.45) is 5.41 Å². The zero-order valence-corrected chi connectivity index (χ0v) is 13.1. The van der Waals surface area contributed by atoms with Crippen LogP contribution in [0.25, 0.3) is 0 Å². The van der Waals surface area contributed by atoms with Crippen molar-refractivity contribution >= 4 is 23.3 Å². The van der Waals surface area contributed by atoms with Gasteiger partial charge in [-0.05, 0) is 36.8 Å². The molecule has 116 valence electrons. The number of carbonyl (C=O) groups is 2. The molecule has 2 rings (SSSR count). The Hall–Kier alpha value is -1.56. The summed E-state index contributed by atoms with van der Waals surface area (Å²) in [5.41, 5.74) is 0.378. The van der Waals surface area contributed by atoms with Crippen LogP contribution in [0.2, 0.25) is 0 Å². The molecule has 0 atom stereocenters. The lowest BCUT2D eigenvalue weighted by atomic mass is 9.74. The van der Waals surface area contributed by atoms with Crippen molar-refractivity contribution < 1.29 is 14.7 Å². The van der Waals surface area contributed by atoms with Crippen LogP contribution < -0.4 is 10.6 Å². The SMILES string of the molecule is Cc1ccsc1CNC(=O)NCC1(C(=O)O)CCCCC1. The highest BCUT2D eigenvalue weighted by Crippen LogP contribution is 2.35. The van der Waals surface area contributed by atoms with E-state index in [0.717, 1.165) is 29.7 Å². The zero-order valence-electron chi connectivity index (χ0n) is 12.3. The fourth-order valence-corrected chi connectivity index (χ4v) is 3.60. The summed E-state index contributed by atoms with van der Waals surface area (Å²) in [6, 6.07) is 1.72. The van der Waals surface area contributed by atoms with Gasteiger partial charge in [-0.3, -0.25) is 4.79 Å². The van der Waals surface area contributed by atoms with Crippen LogP contribution in [0.3, 0.4) is 0 Å². The van der Waals surface area contributed by atoms with E-state index in [1.807, 2.05) is 18.4 Å². The average Bonchev–Trinajstić information content (AvgIpc) is 2.89. The van der Waals surface area contributed by atoms with Crippen LogP contribution in [0, 0.1) is 12.3 Å². The highest BCUT2D eigenvalue weighted by Gasteiger charge is 2.39. The zero-order chi connectivity index (χ0) is 15.3. The van der Waals surface area contributed by atoms with E-state index < -0.39 is 11.4 Å².